The quantitative estimate of drug-likeness (QED) is 0.845. The molecular weight excluding hydrogens is 300 g/mol. The molecule has 1 aromatic carbocycles. The van der Waals surface area contributed by atoms with Gasteiger partial charge in [0.15, 0.2) is 0 Å². The Kier molecular flexibility index (Phi) is 5.44. The lowest BCUT2D eigenvalue weighted by molar-refractivity contribution is 0.0386. The molecule has 1 aliphatic heterocycles. The summed E-state index contributed by atoms with van der Waals surface area (Å²) in [6.07, 6.45) is 6.97. The van der Waals surface area contributed by atoms with Crippen LogP contribution < -0.4 is 4.90 Å². The van der Waals surface area contributed by atoms with Crippen molar-refractivity contribution in [1.82, 2.24) is 4.90 Å². The number of carbonyl (C=O) groups excluding carboxylic acids is 1. The molecule has 132 valence electrons. The van der Waals surface area contributed by atoms with E-state index in [0.717, 1.165) is 55.6 Å². The van der Waals surface area contributed by atoms with Crippen molar-refractivity contribution in [1.29, 1.82) is 0 Å². The second kappa shape index (κ2) is 7.56. The van der Waals surface area contributed by atoms with Gasteiger partial charge >= 0.3 is 0 Å². The maximum atomic E-state index is 13.2. The average Bonchev–Trinajstić information content (AvgIpc) is 3.15. The molecule has 0 bridgehead atoms. The van der Waals surface area contributed by atoms with Crippen molar-refractivity contribution in [3.8, 4) is 0 Å². The third-order valence-corrected chi connectivity index (χ3v) is 5.67. The van der Waals surface area contributed by atoms with Crippen molar-refractivity contribution in [3.63, 3.8) is 0 Å². The van der Waals surface area contributed by atoms with E-state index in [4.69, 9.17) is 4.74 Å². The minimum absolute atomic E-state index is 0.168. The van der Waals surface area contributed by atoms with Gasteiger partial charge < -0.3 is 14.5 Å². The summed E-state index contributed by atoms with van der Waals surface area (Å²) >= 11 is 0. The summed E-state index contributed by atoms with van der Waals surface area (Å²) in [5, 5.41) is 0. The fraction of sp³-hybridized carbons (Fsp3) is 0.650. The zero-order valence-electron chi connectivity index (χ0n) is 15.3. The third kappa shape index (κ3) is 3.59. The first-order chi connectivity index (χ1) is 11.6. The Hall–Kier alpha value is -1.55. The second-order valence-electron chi connectivity index (χ2n) is 7.30. The summed E-state index contributed by atoms with van der Waals surface area (Å²) in [7, 11) is 3.76. The number of anilines is 1. The van der Waals surface area contributed by atoms with Gasteiger partial charge in [0.25, 0.3) is 5.91 Å². The van der Waals surface area contributed by atoms with Crippen molar-refractivity contribution in [3.05, 3.63) is 29.3 Å². The molecule has 24 heavy (non-hydrogen) atoms. The van der Waals surface area contributed by atoms with Gasteiger partial charge in [0.2, 0.25) is 0 Å². The molecule has 1 heterocycles. The first-order valence-corrected chi connectivity index (χ1v) is 9.25. The number of methoxy groups -OCH3 is 1. The molecule has 0 spiro atoms. The van der Waals surface area contributed by atoms with Crippen molar-refractivity contribution < 1.29 is 9.53 Å². The van der Waals surface area contributed by atoms with E-state index in [1.807, 2.05) is 11.9 Å². The number of amides is 1. The monoisotopic (exact) mass is 330 g/mol. The minimum Gasteiger partial charge on any atom is -0.381 e. The second-order valence-corrected chi connectivity index (χ2v) is 7.30. The molecule has 1 saturated heterocycles. The number of aryl methyl sites for hydroxylation is 1. The standard InChI is InChI=1S/C20H30N2O2/c1-15-6-11-19(22-12-4-5-13-22)18(14-15)20(23)21(2)16-7-9-17(24-3)10-8-16/h6,11,14,16-17H,4-5,7-10,12-13H2,1-3H3. The lowest BCUT2D eigenvalue weighted by Crippen LogP contribution is -2.41. The van der Waals surface area contributed by atoms with Crippen LogP contribution in [-0.4, -0.2) is 50.2 Å². The lowest BCUT2D eigenvalue weighted by Gasteiger charge is -2.35. The number of hydrogen-bond acceptors (Lipinski definition) is 3. The zero-order chi connectivity index (χ0) is 17.1. The molecule has 0 atom stereocenters. The van der Waals surface area contributed by atoms with Gasteiger partial charge in [-0.05, 0) is 57.6 Å². The average molecular weight is 330 g/mol. The summed E-state index contributed by atoms with van der Waals surface area (Å²) in [5.41, 5.74) is 3.13. The van der Waals surface area contributed by atoms with E-state index >= 15 is 0 Å². The number of carbonyl (C=O) groups is 1. The van der Waals surface area contributed by atoms with E-state index in [-0.39, 0.29) is 5.91 Å². The van der Waals surface area contributed by atoms with E-state index in [1.165, 1.54) is 12.8 Å². The van der Waals surface area contributed by atoms with Crippen LogP contribution in [-0.2, 0) is 4.74 Å². The van der Waals surface area contributed by atoms with Crippen LogP contribution in [0.15, 0.2) is 18.2 Å². The zero-order valence-corrected chi connectivity index (χ0v) is 15.3. The van der Waals surface area contributed by atoms with Crippen molar-refractivity contribution >= 4 is 11.6 Å². The van der Waals surface area contributed by atoms with Crippen LogP contribution in [0.1, 0.15) is 54.4 Å². The molecule has 1 amide bonds. The smallest absolute Gasteiger partial charge is 0.255 e. The van der Waals surface area contributed by atoms with Crippen LogP contribution in [0.2, 0.25) is 0 Å². The van der Waals surface area contributed by atoms with Crippen molar-refractivity contribution in [2.24, 2.45) is 0 Å². The molecule has 2 aliphatic rings. The normalized spacial score (nSPS) is 24.2. The Balaban J connectivity index is 1.77. The Morgan fingerprint density at radius 2 is 1.83 bits per heavy atom. The maximum Gasteiger partial charge on any atom is 0.255 e. The van der Waals surface area contributed by atoms with Gasteiger partial charge in [-0.25, -0.2) is 0 Å². The van der Waals surface area contributed by atoms with Gasteiger partial charge in [-0.15, -0.1) is 0 Å². The highest BCUT2D eigenvalue weighted by Crippen LogP contribution is 2.29. The van der Waals surface area contributed by atoms with Crippen molar-refractivity contribution in [2.75, 3.05) is 32.1 Å². The van der Waals surface area contributed by atoms with E-state index in [2.05, 4.69) is 30.0 Å². The first kappa shape index (κ1) is 17.3. The predicted octanol–water partition coefficient (Wildman–Crippen LogP) is 3.62. The number of hydrogen-bond donors (Lipinski definition) is 0. The summed E-state index contributed by atoms with van der Waals surface area (Å²) in [6, 6.07) is 6.64. The molecular formula is C20H30N2O2. The molecule has 0 radical (unpaired) electrons. The summed E-state index contributed by atoms with van der Waals surface area (Å²) in [5.74, 6) is 0.168. The van der Waals surface area contributed by atoms with Crippen molar-refractivity contribution in [2.45, 2.75) is 57.6 Å². The van der Waals surface area contributed by atoms with Gasteiger partial charge in [-0.3, -0.25) is 4.79 Å². The van der Waals surface area contributed by atoms with E-state index in [1.54, 1.807) is 7.11 Å². The van der Waals surface area contributed by atoms with Gasteiger partial charge in [-0.2, -0.15) is 0 Å². The van der Waals surface area contributed by atoms with Crippen LogP contribution in [0.5, 0.6) is 0 Å². The summed E-state index contributed by atoms with van der Waals surface area (Å²) in [6.45, 7) is 4.19. The van der Waals surface area contributed by atoms with E-state index in [0.29, 0.717) is 12.1 Å². The molecule has 0 aromatic heterocycles. The van der Waals surface area contributed by atoms with Gasteiger partial charge in [0.05, 0.1) is 11.7 Å². The summed E-state index contributed by atoms with van der Waals surface area (Å²) in [4.78, 5) is 17.5. The Morgan fingerprint density at radius 3 is 2.46 bits per heavy atom. The molecule has 0 N–H and O–H groups in total. The SMILES string of the molecule is COC1CCC(N(C)C(=O)c2cc(C)ccc2N2CCCC2)CC1. The number of rotatable bonds is 4. The molecule has 4 nitrogen and oxygen atoms in total. The first-order valence-electron chi connectivity index (χ1n) is 9.25. The molecule has 4 heteroatoms. The Morgan fingerprint density at radius 1 is 1.17 bits per heavy atom. The molecule has 3 rings (SSSR count). The Labute approximate surface area is 145 Å². The molecule has 1 saturated carbocycles. The summed E-state index contributed by atoms with van der Waals surface area (Å²) < 4.78 is 5.46. The molecule has 0 unspecified atom stereocenters. The highest BCUT2D eigenvalue weighted by Gasteiger charge is 2.29. The fourth-order valence-corrected chi connectivity index (χ4v) is 4.08. The number of nitrogens with zero attached hydrogens (tertiary/aromatic N) is 2. The maximum absolute atomic E-state index is 13.2. The number of ether oxygens (including phenoxy) is 1. The van der Waals surface area contributed by atoms with Crippen LogP contribution >= 0.6 is 0 Å². The fourth-order valence-electron chi connectivity index (χ4n) is 4.08. The molecule has 1 aliphatic carbocycles. The molecule has 2 fully saturated rings. The van der Waals surface area contributed by atoms with Gasteiger partial charge in [-0.1, -0.05) is 11.6 Å². The van der Waals surface area contributed by atoms with Crippen LogP contribution in [0.3, 0.4) is 0 Å². The van der Waals surface area contributed by atoms with E-state index < -0.39 is 0 Å². The van der Waals surface area contributed by atoms with Gasteiger partial charge in [0, 0.05) is 39.0 Å². The minimum atomic E-state index is 0.168. The lowest BCUT2D eigenvalue weighted by atomic mass is 9.91. The largest absolute Gasteiger partial charge is 0.381 e. The molecule has 1 aromatic rings. The van der Waals surface area contributed by atoms with Crippen LogP contribution in [0, 0.1) is 6.92 Å². The third-order valence-electron chi connectivity index (χ3n) is 5.67. The Bertz CT molecular complexity index is 573. The predicted molar refractivity (Wildman–Crippen MR) is 97.8 cm³/mol. The number of benzene rings is 1. The van der Waals surface area contributed by atoms with Crippen LogP contribution in [0.25, 0.3) is 0 Å². The van der Waals surface area contributed by atoms with Crippen LogP contribution in [0.4, 0.5) is 5.69 Å². The highest BCUT2D eigenvalue weighted by atomic mass is 16.5. The topological polar surface area (TPSA) is 32.8 Å². The highest BCUT2D eigenvalue weighted by molar-refractivity contribution is 6.00. The van der Waals surface area contributed by atoms with E-state index in [9.17, 15) is 4.79 Å². The van der Waals surface area contributed by atoms with Gasteiger partial charge in [0.1, 0.15) is 0 Å².